The third kappa shape index (κ3) is 5.52. The Labute approximate surface area is 185 Å². The maximum absolute atomic E-state index is 12.6. The Kier molecular flexibility index (Phi) is 6.87. The van der Waals surface area contributed by atoms with Crippen molar-refractivity contribution < 1.29 is 4.79 Å². The molecule has 0 radical (unpaired) electrons. The number of hydrogen-bond acceptors (Lipinski definition) is 4. The van der Waals surface area contributed by atoms with Gasteiger partial charge in [0.1, 0.15) is 5.01 Å². The van der Waals surface area contributed by atoms with Crippen molar-refractivity contribution in [1.82, 2.24) is 15.6 Å². The predicted molar refractivity (Wildman–Crippen MR) is 126 cm³/mol. The van der Waals surface area contributed by atoms with Crippen LogP contribution in [0.1, 0.15) is 45.1 Å². The summed E-state index contributed by atoms with van der Waals surface area (Å²) in [6, 6.07) is 18.0. The summed E-state index contributed by atoms with van der Waals surface area (Å²) in [6.07, 6.45) is 3.92. The van der Waals surface area contributed by atoms with Gasteiger partial charge in [0, 0.05) is 11.9 Å². The first-order chi connectivity index (χ1) is 14.7. The zero-order valence-electron chi connectivity index (χ0n) is 16.9. The number of rotatable bonds is 7. The number of aromatic nitrogens is 1. The summed E-state index contributed by atoms with van der Waals surface area (Å²) in [4.78, 5) is 17.5. The van der Waals surface area contributed by atoms with Crippen LogP contribution in [0.2, 0.25) is 0 Å². The van der Waals surface area contributed by atoms with Gasteiger partial charge in [-0.15, -0.1) is 23.1 Å². The van der Waals surface area contributed by atoms with Crippen LogP contribution in [0.3, 0.4) is 0 Å². The highest BCUT2D eigenvalue weighted by Gasteiger charge is 2.22. The SMILES string of the molecule is Cc1ccc(C[C@H](NC(=O)NCc2ccccc2)c2csc(C3CC=CS3)n2)cc1. The van der Waals surface area contributed by atoms with Gasteiger partial charge in [0.15, 0.2) is 0 Å². The van der Waals surface area contributed by atoms with Crippen molar-refractivity contribution in [3.63, 3.8) is 0 Å². The lowest BCUT2D eigenvalue weighted by molar-refractivity contribution is 0.236. The minimum atomic E-state index is -0.178. The number of nitrogens with zero attached hydrogens (tertiary/aromatic N) is 1. The summed E-state index contributed by atoms with van der Waals surface area (Å²) in [5.41, 5.74) is 4.41. The van der Waals surface area contributed by atoms with Crippen LogP contribution in [0.4, 0.5) is 4.79 Å². The molecule has 1 unspecified atom stereocenters. The summed E-state index contributed by atoms with van der Waals surface area (Å²) in [5, 5.41) is 11.9. The van der Waals surface area contributed by atoms with Crippen LogP contribution < -0.4 is 10.6 Å². The molecular weight excluding hydrogens is 410 g/mol. The smallest absolute Gasteiger partial charge is 0.315 e. The largest absolute Gasteiger partial charge is 0.334 e. The molecule has 4 rings (SSSR count). The van der Waals surface area contributed by atoms with Crippen molar-refractivity contribution in [3.05, 3.63) is 98.9 Å². The molecule has 30 heavy (non-hydrogen) atoms. The number of thioether (sulfide) groups is 1. The van der Waals surface area contributed by atoms with Crippen LogP contribution in [0, 0.1) is 6.92 Å². The zero-order chi connectivity index (χ0) is 20.8. The third-order valence-electron chi connectivity index (χ3n) is 5.02. The number of allylic oxidation sites excluding steroid dienone is 1. The van der Waals surface area contributed by atoms with Crippen LogP contribution >= 0.6 is 23.1 Å². The van der Waals surface area contributed by atoms with Crippen molar-refractivity contribution in [3.8, 4) is 0 Å². The van der Waals surface area contributed by atoms with Crippen molar-refractivity contribution >= 4 is 29.1 Å². The maximum Gasteiger partial charge on any atom is 0.315 e. The molecule has 0 aliphatic carbocycles. The summed E-state index contributed by atoms with van der Waals surface area (Å²) in [5.74, 6) is 0. The number of urea groups is 1. The molecule has 1 aromatic heterocycles. The molecule has 2 aromatic carbocycles. The number of benzene rings is 2. The third-order valence-corrected chi connectivity index (χ3v) is 7.24. The standard InChI is InChI=1S/C24H25N3OS2/c1-17-9-11-18(12-10-17)14-20(21-16-30-23(26-21)22-8-5-13-29-22)27-24(28)25-15-19-6-3-2-4-7-19/h2-7,9-13,16,20,22H,8,14-15H2,1H3,(H2,25,27,28)/t20-,22?/m0/s1. The quantitative estimate of drug-likeness (QED) is 0.484. The van der Waals surface area contributed by atoms with E-state index in [9.17, 15) is 4.79 Å². The average molecular weight is 436 g/mol. The highest BCUT2D eigenvalue weighted by Crippen LogP contribution is 2.40. The molecule has 154 valence electrons. The number of hydrogen-bond donors (Lipinski definition) is 2. The second kappa shape index (κ2) is 9.96. The second-order valence-electron chi connectivity index (χ2n) is 7.40. The Balaban J connectivity index is 1.46. The van der Waals surface area contributed by atoms with Gasteiger partial charge in [-0.2, -0.15) is 0 Å². The van der Waals surface area contributed by atoms with Crippen LogP contribution in [-0.4, -0.2) is 11.0 Å². The minimum absolute atomic E-state index is 0.173. The molecule has 0 saturated heterocycles. The van der Waals surface area contributed by atoms with Gasteiger partial charge in [0.2, 0.25) is 0 Å². The predicted octanol–water partition coefficient (Wildman–Crippen LogP) is 5.93. The van der Waals surface area contributed by atoms with E-state index in [1.54, 1.807) is 11.3 Å². The van der Waals surface area contributed by atoms with E-state index in [-0.39, 0.29) is 12.1 Å². The van der Waals surface area contributed by atoms with E-state index >= 15 is 0 Å². The lowest BCUT2D eigenvalue weighted by Crippen LogP contribution is -2.38. The number of aryl methyl sites for hydroxylation is 1. The van der Waals surface area contributed by atoms with E-state index < -0.39 is 0 Å². The molecule has 3 aromatic rings. The first-order valence-electron chi connectivity index (χ1n) is 10.1. The number of nitrogens with one attached hydrogen (secondary N) is 2. The van der Waals surface area contributed by atoms with Gasteiger partial charge in [-0.3, -0.25) is 0 Å². The van der Waals surface area contributed by atoms with Crippen LogP contribution in [-0.2, 0) is 13.0 Å². The van der Waals surface area contributed by atoms with Gasteiger partial charge >= 0.3 is 6.03 Å². The van der Waals surface area contributed by atoms with E-state index in [4.69, 9.17) is 4.98 Å². The van der Waals surface area contributed by atoms with Crippen molar-refractivity contribution in [2.24, 2.45) is 0 Å². The summed E-state index contributed by atoms with van der Waals surface area (Å²) in [6.45, 7) is 2.58. The van der Waals surface area contributed by atoms with Gasteiger partial charge in [0.05, 0.1) is 17.0 Å². The Morgan fingerprint density at radius 2 is 1.93 bits per heavy atom. The number of carbonyl (C=O) groups excluding carboxylic acids is 1. The number of carbonyl (C=O) groups is 1. The normalized spacial score (nSPS) is 16.4. The van der Waals surface area contributed by atoms with Gasteiger partial charge in [-0.1, -0.05) is 66.2 Å². The summed E-state index contributed by atoms with van der Waals surface area (Å²) < 4.78 is 0. The molecule has 0 spiro atoms. The topological polar surface area (TPSA) is 54.0 Å². The summed E-state index contributed by atoms with van der Waals surface area (Å²) >= 11 is 3.50. The fourth-order valence-corrected chi connectivity index (χ4v) is 5.33. The Bertz CT molecular complexity index is 991. The van der Waals surface area contributed by atoms with Gasteiger partial charge in [0.25, 0.3) is 0 Å². The minimum Gasteiger partial charge on any atom is -0.334 e. The zero-order valence-corrected chi connectivity index (χ0v) is 18.5. The van der Waals surface area contributed by atoms with E-state index in [1.165, 1.54) is 11.1 Å². The van der Waals surface area contributed by atoms with E-state index in [1.807, 2.05) is 42.1 Å². The molecule has 2 heterocycles. The molecular formula is C24H25N3OS2. The monoisotopic (exact) mass is 435 g/mol. The highest BCUT2D eigenvalue weighted by atomic mass is 32.2. The lowest BCUT2D eigenvalue weighted by Gasteiger charge is -2.18. The van der Waals surface area contributed by atoms with Crippen LogP contribution in [0.5, 0.6) is 0 Å². The van der Waals surface area contributed by atoms with E-state index in [0.717, 1.165) is 22.7 Å². The molecule has 4 nitrogen and oxygen atoms in total. The van der Waals surface area contributed by atoms with Crippen LogP contribution in [0.25, 0.3) is 0 Å². The first kappa shape index (κ1) is 20.7. The molecule has 6 heteroatoms. The number of thiazole rings is 1. The fourth-order valence-electron chi connectivity index (χ4n) is 3.33. The van der Waals surface area contributed by atoms with Gasteiger partial charge < -0.3 is 10.6 Å². The van der Waals surface area contributed by atoms with E-state index in [0.29, 0.717) is 18.2 Å². The second-order valence-corrected chi connectivity index (χ2v) is 9.40. The van der Waals surface area contributed by atoms with Crippen molar-refractivity contribution in [1.29, 1.82) is 0 Å². The molecule has 0 bridgehead atoms. The lowest BCUT2D eigenvalue weighted by atomic mass is 10.0. The maximum atomic E-state index is 12.6. The Morgan fingerprint density at radius 1 is 1.13 bits per heavy atom. The molecule has 1 aliphatic heterocycles. The average Bonchev–Trinajstić information content (AvgIpc) is 3.46. The molecule has 2 N–H and O–H groups in total. The van der Waals surface area contributed by atoms with Gasteiger partial charge in [-0.25, -0.2) is 9.78 Å². The highest BCUT2D eigenvalue weighted by molar-refractivity contribution is 8.02. The number of amides is 2. The molecule has 0 fully saturated rings. The fraction of sp³-hybridized carbons (Fsp3) is 0.250. The van der Waals surface area contributed by atoms with E-state index in [2.05, 4.69) is 58.7 Å². The van der Waals surface area contributed by atoms with Crippen LogP contribution in [0.15, 0.2) is 71.5 Å². The first-order valence-corrected chi connectivity index (χ1v) is 11.9. The molecule has 0 saturated carbocycles. The Hall–Kier alpha value is -2.57. The Morgan fingerprint density at radius 3 is 2.67 bits per heavy atom. The summed E-state index contributed by atoms with van der Waals surface area (Å²) in [7, 11) is 0. The van der Waals surface area contributed by atoms with Gasteiger partial charge in [-0.05, 0) is 36.3 Å². The van der Waals surface area contributed by atoms with Crippen molar-refractivity contribution in [2.75, 3.05) is 0 Å². The van der Waals surface area contributed by atoms with Crippen molar-refractivity contribution in [2.45, 2.75) is 37.6 Å². The molecule has 1 aliphatic rings. The molecule has 2 atom stereocenters. The molecule has 2 amide bonds.